The Morgan fingerprint density at radius 3 is 2.91 bits per heavy atom. The molecular formula is C6H9N3S2. The first-order valence-corrected chi connectivity index (χ1v) is 4.33. The summed E-state index contributed by atoms with van der Waals surface area (Å²) in [6.45, 7) is 0.590. The van der Waals surface area contributed by atoms with Crippen LogP contribution < -0.4 is 11.6 Å². The second-order valence-corrected chi connectivity index (χ2v) is 3.50. The van der Waals surface area contributed by atoms with Crippen LogP contribution in [0.25, 0.3) is 0 Å². The summed E-state index contributed by atoms with van der Waals surface area (Å²) in [7, 11) is 0. The van der Waals surface area contributed by atoms with Gasteiger partial charge in [0.15, 0.2) is 5.11 Å². The SMILES string of the molecule is NC(=S)N(N)Cc1cccs1. The quantitative estimate of drug-likeness (QED) is 0.406. The summed E-state index contributed by atoms with van der Waals surface area (Å²) in [6, 6.07) is 3.95. The van der Waals surface area contributed by atoms with Crippen molar-refractivity contribution in [2.75, 3.05) is 0 Å². The van der Waals surface area contributed by atoms with Gasteiger partial charge in [-0.25, -0.2) is 5.84 Å². The van der Waals surface area contributed by atoms with E-state index in [1.54, 1.807) is 11.3 Å². The van der Waals surface area contributed by atoms with E-state index in [0.717, 1.165) is 4.88 Å². The predicted molar refractivity (Wildman–Crippen MR) is 50.8 cm³/mol. The summed E-state index contributed by atoms with van der Waals surface area (Å²) >= 11 is 6.31. The second kappa shape index (κ2) is 3.66. The Bertz CT molecular complexity index is 232. The molecule has 1 aromatic heterocycles. The highest BCUT2D eigenvalue weighted by atomic mass is 32.1. The Kier molecular flexibility index (Phi) is 2.81. The number of nitrogens with two attached hydrogens (primary N) is 2. The maximum Gasteiger partial charge on any atom is 0.180 e. The molecule has 0 saturated heterocycles. The zero-order valence-corrected chi connectivity index (χ0v) is 7.49. The van der Waals surface area contributed by atoms with Gasteiger partial charge in [0.05, 0.1) is 6.54 Å². The fraction of sp³-hybridized carbons (Fsp3) is 0.167. The Labute approximate surface area is 74.6 Å². The van der Waals surface area contributed by atoms with E-state index in [0.29, 0.717) is 6.54 Å². The highest BCUT2D eigenvalue weighted by Crippen LogP contribution is 2.09. The third-order valence-corrected chi connectivity index (χ3v) is 2.29. The number of hydrogen-bond donors (Lipinski definition) is 2. The van der Waals surface area contributed by atoms with Crippen molar-refractivity contribution >= 4 is 28.7 Å². The van der Waals surface area contributed by atoms with Crippen LogP contribution in [0.2, 0.25) is 0 Å². The third kappa shape index (κ3) is 2.45. The summed E-state index contributed by atoms with van der Waals surface area (Å²) in [6.07, 6.45) is 0. The zero-order chi connectivity index (χ0) is 8.27. The van der Waals surface area contributed by atoms with E-state index in [4.69, 9.17) is 11.6 Å². The predicted octanol–water partition coefficient (Wildman–Crippen LogP) is 0.667. The molecule has 1 heterocycles. The van der Waals surface area contributed by atoms with E-state index < -0.39 is 0 Å². The van der Waals surface area contributed by atoms with Gasteiger partial charge in [0.2, 0.25) is 0 Å². The number of nitrogens with zero attached hydrogens (tertiary/aromatic N) is 1. The Balaban J connectivity index is 2.50. The monoisotopic (exact) mass is 187 g/mol. The molecule has 0 amide bonds. The van der Waals surface area contributed by atoms with Crippen LogP contribution in [0.1, 0.15) is 4.88 Å². The average molecular weight is 187 g/mol. The molecule has 0 aliphatic carbocycles. The molecule has 0 bridgehead atoms. The maximum absolute atomic E-state index is 5.48. The second-order valence-electron chi connectivity index (χ2n) is 2.05. The molecule has 5 heteroatoms. The lowest BCUT2D eigenvalue weighted by molar-refractivity contribution is 0.442. The zero-order valence-electron chi connectivity index (χ0n) is 5.86. The van der Waals surface area contributed by atoms with Gasteiger partial charge in [0, 0.05) is 4.88 Å². The molecule has 4 N–H and O–H groups in total. The van der Waals surface area contributed by atoms with Crippen LogP contribution in [0.3, 0.4) is 0 Å². The van der Waals surface area contributed by atoms with Crippen molar-refractivity contribution in [3.8, 4) is 0 Å². The van der Waals surface area contributed by atoms with E-state index in [9.17, 15) is 0 Å². The van der Waals surface area contributed by atoms with Gasteiger partial charge in [0.25, 0.3) is 0 Å². The highest BCUT2D eigenvalue weighted by Gasteiger charge is 2.01. The molecule has 0 spiro atoms. The highest BCUT2D eigenvalue weighted by molar-refractivity contribution is 7.80. The molecule has 60 valence electrons. The first-order valence-electron chi connectivity index (χ1n) is 3.04. The minimum Gasteiger partial charge on any atom is -0.375 e. The standard InChI is InChI=1S/C6H9N3S2/c7-6(10)9(8)4-5-2-1-3-11-5/h1-3H,4,8H2,(H2,7,10). The molecule has 1 aromatic rings. The molecule has 0 unspecified atom stereocenters. The van der Waals surface area contributed by atoms with E-state index >= 15 is 0 Å². The van der Waals surface area contributed by atoms with Crippen molar-refractivity contribution in [3.63, 3.8) is 0 Å². The minimum atomic E-state index is 0.221. The van der Waals surface area contributed by atoms with Crippen LogP contribution in [0.15, 0.2) is 17.5 Å². The largest absolute Gasteiger partial charge is 0.375 e. The number of thiophene rings is 1. The van der Waals surface area contributed by atoms with Gasteiger partial charge in [-0.2, -0.15) is 0 Å². The lowest BCUT2D eigenvalue weighted by Crippen LogP contribution is -2.40. The van der Waals surface area contributed by atoms with Crippen LogP contribution in [-0.2, 0) is 6.54 Å². The smallest absolute Gasteiger partial charge is 0.180 e. The molecule has 0 aliphatic rings. The molecule has 3 nitrogen and oxygen atoms in total. The molecule has 11 heavy (non-hydrogen) atoms. The van der Waals surface area contributed by atoms with Gasteiger partial charge in [-0.1, -0.05) is 6.07 Å². The number of hydrazine groups is 1. The Morgan fingerprint density at radius 1 is 1.73 bits per heavy atom. The van der Waals surface area contributed by atoms with Gasteiger partial charge in [-0.3, -0.25) is 5.01 Å². The summed E-state index contributed by atoms with van der Waals surface area (Å²) in [5.74, 6) is 5.48. The van der Waals surface area contributed by atoms with Gasteiger partial charge in [-0.15, -0.1) is 11.3 Å². The van der Waals surface area contributed by atoms with Crippen LogP contribution in [0.5, 0.6) is 0 Å². The summed E-state index contributed by atoms with van der Waals surface area (Å²) in [5.41, 5.74) is 5.29. The minimum absolute atomic E-state index is 0.221. The fourth-order valence-electron chi connectivity index (χ4n) is 0.648. The van der Waals surface area contributed by atoms with Crippen molar-refractivity contribution in [1.82, 2.24) is 5.01 Å². The van der Waals surface area contributed by atoms with E-state index in [-0.39, 0.29) is 5.11 Å². The molecule has 0 fully saturated rings. The van der Waals surface area contributed by atoms with Crippen LogP contribution in [-0.4, -0.2) is 10.1 Å². The normalized spacial score (nSPS) is 9.55. The first kappa shape index (κ1) is 8.45. The Hall–Kier alpha value is -0.650. The summed E-state index contributed by atoms with van der Waals surface area (Å²) in [5, 5.41) is 3.56. The Morgan fingerprint density at radius 2 is 2.45 bits per heavy atom. The van der Waals surface area contributed by atoms with Crippen LogP contribution in [0.4, 0.5) is 0 Å². The van der Waals surface area contributed by atoms with Crippen LogP contribution >= 0.6 is 23.6 Å². The molecule has 0 aliphatic heterocycles. The van der Waals surface area contributed by atoms with Gasteiger partial charge in [0.1, 0.15) is 0 Å². The molecule has 0 saturated carbocycles. The maximum atomic E-state index is 5.48. The molecule has 0 atom stereocenters. The molecule has 0 radical (unpaired) electrons. The third-order valence-electron chi connectivity index (χ3n) is 1.19. The summed E-state index contributed by atoms with van der Waals surface area (Å²) < 4.78 is 0. The lowest BCUT2D eigenvalue weighted by atomic mass is 10.4. The first-order chi connectivity index (χ1) is 5.20. The van der Waals surface area contributed by atoms with Crippen molar-refractivity contribution in [2.24, 2.45) is 11.6 Å². The van der Waals surface area contributed by atoms with Gasteiger partial charge >= 0.3 is 0 Å². The molecule has 0 aromatic carbocycles. The molecular weight excluding hydrogens is 178 g/mol. The van der Waals surface area contributed by atoms with Gasteiger partial charge in [-0.05, 0) is 23.7 Å². The average Bonchev–Trinajstić information content (AvgIpc) is 2.39. The van der Waals surface area contributed by atoms with Gasteiger partial charge < -0.3 is 5.73 Å². The fourth-order valence-corrected chi connectivity index (χ4v) is 1.42. The van der Waals surface area contributed by atoms with Crippen molar-refractivity contribution in [1.29, 1.82) is 0 Å². The van der Waals surface area contributed by atoms with Crippen molar-refractivity contribution in [3.05, 3.63) is 22.4 Å². The van der Waals surface area contributed by atoms with E-state index in [2.05, 4.69) is 12.2 Å². The lowest BCUT2D eigenvalue weighted by Gasteiger charge is -2.14. The molecule has 1 rings (SSSR count). The van der Waals surface area contributed by atoms with E-state index in [1.165, 1.54) is 5.01 Å². The number of hydrogen-bond acceptors (Lipinski definition) is 3. The van der Waals surface area contributed by atoms with Crippen LogP contribution in [0, 0.1) is 0 Å². The summed E-state index contributed by atoms with van der Waals surface area (Å²) in [4.78, 5) is 1.15. The number of rotatable bonds is 2. The number of thiocarbonyl (C=S) groups is 1. The van der Waals surface area contributed by atoms with Crippen molar-refractivity contribution < 1.29 is 0 Å². The van der Waals surface area contributed by atoms with E-state index in [1.807, 2.05) is 17.5 Å². The van der Waals surface area contributed by atoms with Crippen molar-refractivity contribution in [2.45, 2.75) is 6.54 Å². The topological polar surface area (TPSA) is 55.3 Å².